The monoisotopic (exact) mass is 251 g/mol. The summed E-state index contributed by atoms with van der Waals surface area (Å²) < 4.78 is 13.9. The van der Waals surface area contributed by atoms with Gasteiger partial charge in [0.1, 0.15) is 0 Å². The number of halogens is 1. The van der Waals surface area contributed by atoms with Crippen LogP contribution < -0.4 is 10.6 Å². The molecule has 5 heteroatoms. The van der Waals surface area contributed by atoms with Crippen LogP contribution in [0.3, 0.4) is 0 Å². The van der Waals surface area contributed by atoms with Crippen LogP contribution in [0.4, 0.5) is 10.2 Å². The lowest BCUT2D eigenvalue weighted by atomic mass is 10.1. The second kappa shape index (κ2) is 5.33. The van der Waals surface area contributed by atoms with Gasteiger partial charge in [0, 0.05) is 19.3 Å². The number of hydrogen-bond acceptors (Lipinski definition) is 3. The largest absolute Gasteiger partial charge is 0.371 e. The van der Waals surface area contributed by atoms with Crippen molar-refractivity contribution in [3.05, 3.63) is 23.6 Å². The molecule has 0 bridgehead atoms. The fraction of sp³-hybridized carbons (Fsp3) is 0.538. The molecule has 2 rings (SSSR count). The number of pyridine rings is 1. The van der Waals surface area contributed by atoms with Crippen LogP contribution in [0.2, 0.25) is 0 Å². The van der Waals surface area contributed by atoms with Crippen LogP contribution in [0, 0.1) is 11.7 Å². The molecule has 0 aromatic carbocycles. The van der Waals surface area contributed by atoms with Crippen molar-refractivity contribution in [2.75, 3.05) is 12.4 Å². The van der Waals surface area contributed by atoms with Crippen LogP contribution in [0.25, 0.3) is 0 Å². The number of rotatable bonds is 5. The molecule has 0 spiro atoms. The van der Waals surface area contributed by atoms with E-state index in [1.807, 2.05) is 6.92 Å². The summed E-state index contributed by atoms with van der Waals surface area (Å²) in [6, 6.07) is 1.48. The minimum Gasteiger partial charge on any atom is -0.371 e. The predicted octanol–water partition coefficient (Wildman–Crippen LogP) is 2.18. The molecule has 1 fully saturated rings. The SMILES string of the molecule is CNc1nccc(C(=O)NC(C)CC2CC2)c1F. The predicted molar refractivity (Wildman–Crippen MR) is 68.0 cm³/mol. The Bertz CT molecular complexity index is 446. The van der Waals surface area contributed by atoms with Crippen molar-refractivity contribution in [3.8, 4) is 0 Å². The minimum atomic E-state index is -0.601. The summed E-state index contributed by atoms with van der Waals surface area (Å²) in [7, 11) is 1.57. The lowest BCUT2D eigenvalue weighted by Gasteiger charge is -2.14. The fourth-order valence-corrected chi connectivity index (χ4v) is 2.01. The van der Waals surface area contributed by atoms with Crippen molar-refractivity contribution in [2.45, 2.75) is 32.2 Å². The maximum atomic E-state index is 13.9. The second-order valence-corrected chi connectivity index (χ2v) is 4.82. The van der Waals surface area contributed by atoms with Crippen LogP contribution in [0.1, 0.15) is 36.5 Å². The Morgan fingerprint density at radius 1 is 1.61 bits per heavy atom. The lowest BCUT2D eigenvalue weighted by Crippen LogP contribution is -2.33. The Morgan fingerprint density at radius 3 is 2.94 bits per heavy atom. The lowest BCUT2D eigenvalue weighted by molar-refractivity contribution is 0.0933. The van der Waals surface area contributed by atoms with Gasteiger partial charge in [0.2, 0.25) is 0 Å². The zero-order valence-corrected chi connectivity index (χ0v) is 10.7. The Labute approximate surface area is 106 Å². The van der Waals surface area contributed by atoms with Crippen LogP contribution in [-0.4, -0.2) is 24.0 Å². The summed E-state index contributed by atoms with van der Waals surface area (Å²) in [6.45, 7) is 1.95. The molecular formula is C13H18FN3O. The molecule has 1 aromatic rings. The van der Waals surface area contributed by atoms with E-state index in [-0.39, 0.29) is 23.3 Å². The number of nitrogens with one attached hydrogen (secondary N) is 2. The first-order chi connectivity index (χ1) is 8.61. The van der Waals surface area contributed by atoms with Crippen molar-refractivity contribution < 1.29 is 9.18 Å². The maximum absolute atomic E-state index is 13.9. The molecule has 18 heavy (non-hydrogen) atoms. The Kier molecular flexibility index (Phi) is 3.79. The van der Waals surface area contributed by atoms with E-state index >= 15 is 0 Å². The number of carbonyl (C=O) groups excluding carboxylic acids is 1. The third-order valence-corrected chi connectivity index (χ3v) is 3.13. The molecule has 1 saturated carbocycles. The molecule has 1 aromatic heterocycles. The summed E-state index contributed by atoms with van der Waals surface area (Å²) in [6.07, 6.45) is 4.88. The zero-order chi connectivity index (χ0) is 13.1. The molecule has 0 saturated heterocycles. The normalized spacial score (nSPS) is 16.2. The van der Waals surface area contributed by atoms with Crippen molar-refractivity contribution in [1.82, 2.24) is 10.3 Å². The number of hydrogen-bond donors (Lipinski definition) is 2. The Balaban J connectivity index is 2.03. The first-order valence-electron chi connectivity index (χ1n) is 6.25. The van der Waals surface area contributed by atoms with E-state index < -0.39 is 5.82 Å². The summed E-state index contributed by atoms with van der Waals surface area (Å²) in [5.74, 6) is -0.149. The van der Waals surface area contributed by atoms with Gasteiger partial charge < -0.3 is 10.6 Å². The van der Waals surface area contributed by atoms with Gasteiger partial charge in [-0.05, 0) is 25.3 Å². The van der Waals surface area contributed by atoms with Crippen LogP contribution >= 0.6 is 0 Å². The van der Waals surface area contributed by atoms with Crippen LogP contribution in [0.15, 0.2) is 12.3 Å². The van der Waals surface area contributed by atoms with E-state index in [1.165, 1.54) is 25.1 Å². The quantitative estimate of drug-likeness (QED) is 0.843. The highest BCUT2D eigenvalue weighted by Crippen LogP contribution is 2.33. The van der Waals surface area contributed by atoms with E-state index in [9.17, 15) is 9.18 Å². The molecule has 4 nitrogen and oxygen atoms in total. The summed E-state index contributed by atoms with van der Waals surface area (Å²) in [5.41, 5.74) is 0.0389. The van der Waals surface area contributed by atoms with E-state index in [0.717, 1.165) is 12.3 Å². The van der Waals surface area contributed by atoms with Gasteiger partial charge in [-0.2, -0.15) is 0 Å². The van der Waals surface area contributed by atoms with E-state index in [0.29, 0.717) is 0 Å². The van der Waals surface area contributed by atoms with E-state index in [4.69, 9.17) is 0 Å². The smallest absolute Gasteiger partial charge is 0.254 e. The highest BCUT2D eigenvalue weighted by molar-refractivity contribution is 5.95. The Morgan fingerprint density at radius 2 is 2.33 bits per heavy atom. The number of amides is 1. The molecular weight excluding hydrogens is 233 g/mol. The van der Waals surface area contributed by atoms with Gasteiger partial charge in [-0.15, -0.1) is 0 Å². The molecule has 1 aliphatic rings. The molecule has 1 aliphatic carbocycles. The third kappa shape index (κ3) is 2.97. The van der Waals surface area contributed by atoms with Gasteiger partial charge in [-0.1, -0.05) is 12.8 Å². The molecule has 1 heterocycles. The number of anilines is 1. The minimum absolute atomic E-state index is 0.0389. The highest BCUT2D eigenvalue weighted by atomic mass is 19.1. The zero-order valence-electron chi connectivity index (χ0n) is 10.7. The van der Waals surface area contributed by atoms with Gasteiger partial charge in [0.15, 0.2) is 11.6 Å². The molecule has 98 valence electrons. The molecule has 0 radical (unpaired) electrons. The van der Waals surface area contributed by atoms with Gasteiger partial charge in [0.25, 0.3) is 5.91 Å². The van der Waals surface area contributed by atoms with Crippen molar-refractivity contribution in [3.63, 3.8) is 0 Å². The van der Waals surface area contributed by atoms with Crippen LogP contribution in [0.5, 0.6) is 0 Å². The molecule has 1 unspecified atom stereocenters. The van der Waals surface area contributed by atoms with Gasteiger partial charge in [-0.3, -0.25) is 4.79 Å². The number of aromatic nitrogens is 1. The highest BCUT2D eigenvalue weighted by Gasteiger charge is 2.25. The van der Waals surface area contributed by atoms with Crippen molar-refractivity contribution >= 4 is 11.7 Å². The Hall–Kier alpha value is -1.65. The van der Waals surface area contributed by atoms with Crippen molar-refractivity contribution in [1.29, 1.82) is 0 Å². The number of nitrogens with zero attached hydrogens (tertiary/aromatic N) is 1. The average Bonchev–Trinajstić information content (AvgIpc) is 3.12. The van der Waals surface area contributed by atoms with Gasteiger partial charge >= 0.3 is 0 Å². The first-order valence-corrected chi connectivity index (χ1v) is 6.25. The fourth-order valence-electron chi connectivity index (χ4n) is 2.01. The second-order valence-electron chi connectivity index (χ2n) is 4.82. The molecule has 1 amide bonds. The molecule has 1 atom stereocenters. The van der Waals surface area contributed by atoms with E-state index in [1.54, 1.807) is 7.05 Å². The molecule has 0 aliphatic heterocycles. The third-order valence-electron chi connectivity index (χ3n) is 3.13. The average molecular weight is 251 g/mol. The van der Waals surface area contributed by atoms with E-state index in [2.05, 4.69) is 15.6 Å². The standard InChI is InChI=1S/C13H18FN3O/c1-8(7-9-3-4-9)17-13(18)10-5-6-16-12(15-2)11(10)14/h5-6,8-9H,3-4,7H2,1-2H3,(H,15,16)(H,17,18). The van der Waals surface area contributed by atoms with Gasteiger partial charge in [-0.25, -0.2) is 9.37 Å². The summed E-state index contributed by atoms with van der Waals surface area (Å²) in [5, 5.41) is 5.45. The van der Waals surface area contributed by atoms with Gasteiger partial charge in [0.05, 0.1) is 5.56 Å². The topological polar surface area (TPSA) is 54.0 Å². The summed E-state index contributed by atoms with van der Waals surface area (Å²) in [4.78, 5) is 15.8. The maximum Gasteiger partial charge on any atom is 0.254 e. The van der Waals surface area contributed by atoms with Crippen LogP contribution in [-0.2, 0) is 0 Å². The summed E-state index contributed by atoms with van der Waals surface area (Å²) >= 11 is 0. The van der Waals surface area contributed by atoms with Crippen molar-refractivity contribution in [2.24, 2.45) is 5.92 Å². The molecule has 2 N–H and O–H groups in total. The first kappa shape index (κ1) is 12.8. The number of carbonyl (C=O) groups is 1.